The smallest absolute Gasteiger partial charge is 0.136 e. The highest BCUT2D eigenvalue weighted by Crippen LogP contribution is 2.53. The van der Waals surface area contributed by atoms with E-state index in [1.54, 1.807) is 0 Å². The van der Waals surface area contributed by atoms with Crippen LogP contribution in [0.4, 0.5) is 34.1 Å². The lowest BCUT2D eigenvalue weighted by molar-refractivity contribution is 0.660. The largest absolute Gasteiger partial charge is 0.456 e. The maximum Gasteiger partial charge on any atom is 0.136 e. The first-order chi connectivity index (χ1) is 34.9. The fourth-order valence-electron chi connectivity index (χ4n) is 11.4. The molecule has 4 heteroatoms. The number of rotatable bonds is 8. The summed E-state index contributed by atoms with van der Waals surface area (Å²) < 4.78 is 13.0. The van der Waals surface area contributed by atoms with E-state index in [0.717, 1.165) is 100 Å². The fourth-order valence-corrected chi connectivity index (χ4v) is 11.4. The molecule has 0 aliphatic heterocycles. The molecular formula is C67H46N2O2. The van der Waals surface area contributed by atoms with Gasteiger partial charge in [0.1, 0.15) is 22.3 Å². The van der Waals surface area contributed by atoms with Crippen molar-refractivity contribution < 1.29 is 8.83 Å². The van der Waals surface area contributed by atoms with Crippen LogP contribution in [-0.4, -0.2) is 0 Å². The van der Waals surface area contributed by atoms with Crippen LogP contribution in [0.1, 0.15) is 25.0 Å². The summed E-state index contributed by atoms with van der Waals surface area (Å²) in [6.45, 7) is 4.70. The molecule has 0 radical (unpaired) electrons. The molecule has 0 amide bonds. The predicted octanol–water partition coefficient (Wildman–Crippen LogP) is 19.2. The first-order valence-electron chi connectivity index (χ1n) is 24.4. The van der Waals surface area contributed by atoms with Gasteiger partial charge in [-0.15, -0.1) is 0 Å². The van der Waals surface area contributed by atoms with Gasteiger partial charge in [0, 0.05) is 61.0 Å². The van der Waals surface area contributed by atoms with Crippen molar-refractivity contribution in [2.24, 2.45) is 0 Å². The third-order valence-corrected chi connectivity index (χ3v) is 14.8. The molecule has 14 rings (SSSR count). The Morgan fingerprint density at radius 2 is 0.915 bits per heavy atom. The fraction of sp³-hybridized carbons (Fsp3) is 0.0448. The second kappa shape index (κ2) is 16.0. The van der Waals surface area contributed by atoms with Gasteiger partial charge in [-0.1, -0.05) is 166 Å². The number of para-hydroxylation sites is 2. The second-order valence-electron chi connectivity index (χ2n) is 19.3. The highest BCUT2D eigenvalue weighted by molar-refractivity contribution is 6.19. The third kappa shape index (κ3) is 6.60. The number of hydrogen-bond donors (Lipinski definition) is 0. The quantitative estimate of drug-likeness (QED) is 0.152. The molecule has 71 heavy (non-hydrogen) atoms. The summed E-state index contributed by atoms with van der Waals surface area (Å²) in [5.41, 5.74) is 19.3. The average Bonchev–Trinajstić information content (AvgIpc) is 4.07. The Labute approximate surface area is 411 Å². The molecule has 0 saturated carbocycles. The molecule has 0 fully saturated rings. The molecule has 0 bridgehead atoms. The van der Waals surface area contributed by atoms with E-state index in [1.807, 2.05) is 12.1 Å². The molecule has 336 valence electrons. The standard InChI is InChI=1S/C67H46N2O2/c1-67(2)59-26-13-11-24-54(59)56-40-50(31-34-60(56)67)69(48-22-15-19-45(38-48)43-16-5-3-6-17-43)61-42-51(68(47-20-7-4-8-21-47)49-32-37-63-57(41-49)55-25-12-14-27-62(55)70-63)30-33-52(61)46-29-35-64-58(39-46)66-53-23-10-9-18-44(53)28-36-65(66)71-64/h3-42H,1-2H3. The topological polar surface area (TPSA) is 32.8 Å². The van der Waals surface area contributed by atoms with Crippen LogP contribution in [0.5, 0.6) is 0 Å². The number of nitrogens with zero attached hydrogens (tertiary/aromatic N) is 2. The van der Waals surface area contributed by atoms with Crippen molar-refractivity contribution in [1.82, 2.24) is 0 Å². The van der Waals surface area contributed by atoms with E-state index in [4.69, 9.17) is 8.83 Å². The molecule has 2 aromatic heterocycles. The summed E-state index contributed by atoms with van der Waals surface area (Å²) in [4.78, 5) is 4.84. The minimum absolute atomic E-state index is 0.141. The Balaban J connectivity index is 1.06. The van der Waals surface area contributed by atoms with Crippen molar-refractivity contribution in [1.29, 1.82) is 0 Å². The Morgan fingerprint density at radius 1 is 0.310 bits per heavy atom. The van der Waals surface area contributed by atoms with Crippen molar-refractivity contribution in [2.45, 2.75) is 19.3 Å². The zero-order valence-corrected chi connectivity index (χ0v) is 39.3. The zero-order valence-electron chi connectivity index (χ0n) is 39.3. The molecule has 2 heterocycles. The SMILES string of the molecule is CC1(C)c2ccccc2-c2cc(N(c3cccc(-c4ccccc4)c3)c3cc(N(c4ccccc4)c4ccc5oc6ccccc6c5c4)ccc3-c3ccc4oc5ccc6ccccc6c5c4c3)ccc21. The zero-order chi connectivity index (χ0) is 47.2. The van der Waals surface area contributed by atoms with E-state index in [1.165, 1.54) is 33.0 Å². The average molecular weight is 911 g/mol. The van der Waals surface area contributed by atoms with Crippen LogP contribution < -0.4 is 9.80 Å². The first-order valence-corrected chi connectivity index (χ1v) is 24.4. The maximum absolute atomic E-state index is 6.59. The molecule has 1 aliphatic rings. The van der Waals surface area contributed by atoms with Crippen LogP contribution >= 0.6 is 0 Å². The summed E-state index contributed by atoms with van der Waals surface area (Å²) in [7, 11) is 0. The highest BCUT2D eigenvalue weighted by atomic mass is 16.3. The molecule has 4 nitrogen and oxygen atoms in total. The second-order valence-corrected chi connectivity index (χ2v) is 19.3. The van der Waals surface area contributed by atoms with Crippen molar-refractivity contribution in [3.05, 3.63) is 254 Å². The van der Waals surface area contributed by atoms with Gasteiger partial charge in [-0.2, -0.15) is 0 Å². The van der Waals surface area contributed by atoms with E-state index in [2.05, 4.69) is 254 Å². The van der Waals surface area contributed by atoms with Crippen LogP contribution in [0.2, 0.25) is 0 Å². The van der Waals surface area contributed by atoms with E-state index in [9.17, 15) is 0 Å². The lowest BCUT2D eigenvalue weighted by atomic mass is 9.82. The Bertz CT molecular complexity index is 4220. The van der Waals surface area contributed by atoms with Crippen molar-refractivity contribution in [3.63, 3.8) is 0 Å². The minimum Gasteiger partial charge on any atom is -0.456 e. The number of hydrogen-bond acceptors (Lipinski definition) is 4. The van der Waals surface area contributed by atoms with Crippen molar-refractivity contribution in [3.8, 4) is 33.4 Å². The van der Waals surface area contributed by atoms with Crippen molar-refractivity contribution in [2.75, 3.05) is 9.80 Å². The van der Waals surface area contributed by atoms with Crippen LogP contribution in [0, 0.1) is 0 Å². The van der Waals surface area contributed by atoms with Gasteiger partial charge in [0.25, 0.3) is 0 Å². The monoisotopic (exact) mass is 910 g/mol. The number of benzene rings is 11. The molecule has 11 aromatic carbocycles. The van der Waals surface area contributed by atoms with Crippen LogP contribution in [0.15, 0.2) is 251 Å². The summed E-state index contributed by atoms with van der Waals surface area (Å²) in [6.07, 6.45) is 0. The number of anilines is 6. The maximum atomic E-state index is 6.59. The minimum atomic E-state index is -0.141. The van der Waals surface area contributed by atoms with Gasteiger partial charge < -0.3 is 18.6 Å². The van der Waals surface area contributed by atoms with Gasteiger partial charge in [-0.3, -0.25) is 0 Å². The van der Waals surface area contributed by atoms with Crippen LogP contribution in [0.3, 0.4) is 0 Å². The van der Waals surface area contributed by atoms with E-state index in [0.29, 0.717) is 0 Å². The third-order valence-electron chi connectivity index (χ3n) is 14.8. The molecule has 0 unspecified atom stereocenters. The van der Waals surface area contributed by atoms with Crippen LogP contribution in [0.25, 0.3) is 88.0 Å². The number of furan rings is 2. The van der Waals surface area contributed by atoms with Crippen LogP contribution in [-0.2, 0) is 5.41 Å². The summed E-state index contributed by atoms with van der Waals surface area (Å²) in [6, 6.07) is 87.7. The Hall–Kier alpha value is -9.12. The summed E-state index contributed by atoms with van der Waals surface area (Å²) in [5.74, 6) is 0. The molecule has 0 saturated heterocycles. The number of fused-ring (bicyclic) bond motifs is 11. The lowest BCUT2D eigenvalue weighted by Crippen LogP contribution is -2.16. The van der Waals surface area contributed by atoms with Gasteiger partial charge in [-0.25, -0.2) is 0 Å². The Kier molecular flexibility index (Phi) is 9.21. The predicted molar refractivity (Wildman–Crippen MR) is 296 cm³/mol. The first kappa shape index (κ1) is 40.9. The molecular weight excluding hydrogens is 865 g/mol. The Morgan fingerprint density at radius 3 is 1.80 bits per heavy atom. The molecule has 1 aliphatic carbocycles. The normalized spacial score (nSPS) is 12.8. The molecule has 0 atom stereocenters. The van der Waals surface area contributed by atoms with Crippen molar-refractivity contribution >= 4 is 88.8 Å². The van der Waals surface area contributed by atoms with Gasteiger partial charge in [0.2, 0.25) is 0 Å². The van der Waals surface area contributed by atoms with Gasteiger partial charge in [0.15, 0.2) is 0 Å². The van der Waals surface area contributed by atoms with Gasteiger partial charge in [-0.05, 0) is 141 Å². The summed E-state index contributed by atoms with van der Waals surface area (Å²) >= 11 is 0. The molecule has 0 N–H and O–H groups in total. The van der Waals surface area contributed by atoms with E-state index in [-0.39, 0.29) is 5.41 Å². The van der Waals surface area contributed by atoms with Gasteiger partial charge >= 0.3 is 0 Å². The van der Waals surface area contributed by atoms with Gasteiger partial charge in [0.05, 0.1) is 5.69 Å². The molecule has 13 aromatic rings. The summed E-state index contributed by atoms with van der Waals surface area (Å²) in [5, 5.41) is 6.75. The lowest BCUT2D eigenvalue weighted by Gasteiger charge is -2.32. The molecule has 0 spiro atoms. The van der Waals surface area contributed by atoms with E-state index >= 15 is 0 Å². The highest BCUT2D eigenvalue weighted by Gasteiger charge is 2.36. The van der Waals surface area contributed by atoms with E-state index < -0.39 is 0 Å².